The van der Waals surface area contributed by atoms with E-state index in [0.29, 0.717) is 11.6 Å². The molecule has 0 aliphatic rings. The maximum atomic E-state index is 5.62. The van der Waals surface area contributed by atoms with Crippen molar-refractivity contribution < 1.29 is 0 Å². The third-order valence-corrected chi connectivity index (χ3v) is 2.50. The van der Waals surface area contributed by atoms with Crippen molar-refractivity contribution in [2.45, 2.75) is 13.8 Å². The highest BCUT2D eigenvalue weighted by atomic mass is 15.1. The zero-order valence-electron chi connectivity index (χ0n) is 9.86. The first-order valence-corrected chi connectivity index (χ1v) is 5.29. The van der Waals surface area contributed by atoms with Gasteiger partial charge in [-0.3, -0.25) is 0 Å². The number of nitrogens with one attached hydrogen (secondary N) is 1. The normalized spacial score (nSPS) is 10.2. The van der Waals surface area contributed by atoms with E-state index in [1.807, 2.05) is 32.0 Å². The molecule has 0 saturated carbocycles. The molecule has 0 atom stereocenters. The van der Waals surface area contributed by atoms with Gasteiger partial charge in [0.25, 0.3) is 0 Å². The molecule has 1 aromatic carbocycles. The quantitative estimate of drug-likeness (QED) is 0.732. The van der Waals surface area contributed by atoms with Gasteiger partial charge >= 0.3 is 0 Å². The molecule has 5 heteroatoms. The average molecular weight is 229 g/mol. The SMILES string of the molecule is Cc1cccc(C)c1Nc1cc(N)nc(N)n1. The fourth-order valence-corrected chi connectivity index (χ4v) is 1.69. The molecular formula is C12H15N5. The van der Waals surface area contributed by atoms with E-state index in [-0.39, 0.29) is 5.95 Å². The largest absolute Gasteiger partial charge is 0.383 e. The molecule has 5 N–H and O–H groups in total. The van der Waals surface area contributed by atoms with Gasteiger partial charge in [-0.2, -0.15) is 9.97 Å². The Balaban J connectivity index is 2.38. The Kier molecular flexibility index (Phi) is 2.82. The molecule has 2 aromatic rings. The van der Waals surface area contributed by atoms with Crippen LogP contribution in [-0.2, 0) is 0 Å². The van der Waals surface area contributed by atoms with Crippen molar-refractivity contribution >= 4 is 23.3 Å². The summed E-state index contributed by atoms with van der Waals surface area (Å²) >= 11 is 0. The van der Waals surface area contributed by atoms with Crippen LogP contribution in [-0.4, -0.2) is 9.97 Å². The molecule has 2 rings (SSSR count). The summed E-state index contributed by atoms with van der Waals surface area (Å²) < 4.78 is 0. The standard InChI is InChI=1S/C12H15N5/c1-7-4-3-5-8(2)11(7)16-10-6-9(13)15-12(14)17-10/h3-6H,1-2H3,(H5,13,14,15,16,17). The van der Waals surface area contributed by atoms with Gasteiger partial charge in [0, 0.05) is 11.8 Å². The van der Waals surface area contributed by atoms with Crippen molar-refractivity contribution in [3.05, 3.63) is 35.4 Å². The van der Waals surface area contributed by atoms with Crippen LogP contribution in [0.1, 0.15) is 11.1 Å². The molecule has 0 bridgehead atoms. The summed E-state index contributed by atoms with van der Waals surface area (Å²) in [4.78, 5) is 7.91. The molecule has 0 fully saturated rings. The lowest BCUT2D eigenvalue weighted by Gasteiger charge is -2.12. The first kappa shape index (κ1) is 11.2. The third kappa shape index (κ3) is 2.44. The predicted octanol–water partition coefficient (Wildman–Crippen LogP) is 2.00. The lowest BCUT2D eigenvalue weighted by molar-refractivity contribution is 1.19. The maximum absolute atomic E-state index is 5.62. The van der Waals surface area contributed by atoms with Crippen molar-refractivity contribution in [2.75, 3.05) is 16.8 Å². The maximum Gasteiger partial charge on any atom is 0.223 e. The number of nitrogens with two attached hydrogens (primary N) is 2. The van der Waals surface area contributed by atoms with Crippen LogP contribution in [0, 0.1) is 13.8 Å². The lowest BCUT2D eigenvalue weighted by Crippen LogP contribution is -2.04. The first-order chi connectivity index (χ1) is 8.06. The van der Waals surface area contributed by atoms with Gasteiger partial charge < -0.3 is 16.8 Å². The number of rotatable bonds is 2. The first-order valence-electron chi connectivity index (χ1n) is 5.29. The highest BCUT2D eigenvalue weighted by Gasteiger charge is 2.05. The second-order valence-corrected chi connectivity index (χ2v) is 3.93. The van der Waals surface area contributed by atoms with Gasteiger partial charge in [0.15, 0.2) is 0 Å². The van der Waals surface area contributed by atoms with Gasteiger partial charge in [-0.25, -0.2) is 0 Å². The molecule has 5 nitrogen and oxygen atoms in total. The highest BCUT2D eigenvalue weighted by molar-refractivity contribution is 5.66. The Bertz CT molecular complexity index is 510. The summed E-state index contributed by atoms with van der Waals surface area (Å²) in [7, 11) is 0. The fourth-order valence-electron chi connectivity index (χ4n) is 1.69. The van der Waals surface area contributed by atoms with Crippen molar-refractivity contribution in [1.29, 1.82) is 0 Å². The number of benzene rings is 1. The molecule has 0 aliphatic heterocycles. The molecule has 0 amide bonds. The van der Waals surface area contributed by atoms with Gasteiger partial charge in [0.2, 0.25) is 5.95 Å². The number of nitrogen functional groups attached to an aromatic ring is 2. The fraction of sp³-hybridized carbons (Fsp3) is 0.167. The van der Waals surface area contributed by atoms with Gasteiger partial charge in [-0.05, 0) is 25.0 Å². The van der Waals surface area contributed by atoms with Gasteiger partial charge in [0.05, 0.1) is 0 Å². The van der Waals surface area contributed by atoms with Crippen LogP contribution in [0.25, 0.3) is 0 Å². The van der Waals surface area contributed by atoms with Gasteiger partial charge in [-0.15, -0.1) is 0 Å². The van der Waals surface area contributed by atoms with Crippen LogP contribution < -0.4 is 16.8 Å². The Morgan fingerprint density at radius 2 is 1.71 bits per heavy atom. The van der Waals surface area contributed by atoms with Crippen molar-refractivity contribution in [1.82, 2.24) is 9.97 Å². The Hall–Kier alpha value is -2.30. The van der Waals surface area contributed by atoms with E-state index in [2.05, 4.69) is 15.3 Å². The Morgan fingerprint density at radius 1 is 1.06 bits per heavy atom. The summed E-state index contributed by atoms with van der Waals surface area (Å²) in [6.45, 7) is 4.06. The molecule has 0 spiro atoms. The number of nitrogens with zero attached hydrogens (tertiary/aromatic N) is 2. The molecule has 88 valence electrons. The van der Waals surface area contributed by atoms with E-state index in [9.17, 15) is 0 Å². The van der Waals surface area contributed by atoms with Gasteiger partial charge in [0.1, 0.15) is 11.6 Å². The smallest absolute Gasteiger partial charge is 0.223 e. The number of hydrogen-bond acceptors (Lipinski definition) is 5. The average Bonchev–Trinajstić information content (AvgIpc) is 2.22. The molecule has 0 aliphatic carbocycles. The third-order valence-electron chi connectivity index (χ3n) is 2.50. The van der Waals surface area contributed by atoms with Crippen LogP contribution in [0.15, 0.2) is 24.3 Å². The topological polar surface area (TPSA) is 89.8 Å². The lowest BCUT2D eigenvalue weighted by atomic mass is 10.1. The summed E-state index contributed by atoms with van der Waals surface area (Å²) in [6, 6.07) is 7.73. The molecule has 1 aromatic heterocycles. The molecular weight excluding hydrogens is 214 g/mol. The van der Waals surface area contributed by atoms with Crippen molar-refractivity contribution in [3.8, 4) is 0 Å². The zero-order valence-corrected chi connectivity index (χ0v) is 9.86. The van der Waals surface area contributed by atoms with E-state index in [4.69, 9.17) is 11.5 Å². The molecule has 1 heterocycles. The molecule has 17 heavy (non-hydrogen) atoms. The number of hydrogen-bond donors (Lipinski definition) is 3. The molecule has 0 saturated heterocycles. The molecule has 0 radical (unpaired) electrons. The monoisotopic (exact) mass is 229 g/mol. The summed E-state index contributed by atoms with van der Waals surface area (Å²) in [5.41, 5.74) is 14.5. The highest BCUT2D eigenvalue weighted by Crippen LogP contribution is 2.24. The van der Waals surface area contributed by atoms with Crippen LogP contribution in [0.4, 0.5) is 23.3 Å². The minimum Gasteiger partial charge on any atom is -0.383 e. The number of aryl methyl sites for hydroxylation is 2. The second-order valence-electron chi connectivity index (χ2n) is 3.93. The summed E-state index contributed by atoms with van der Waals surface area (Å²) in [5, 5.41) is 3.21. The van der Waals surface area contributed by atoms with Crippen LogP contribution in [0.2, 0.25) is 0 Å². The van der Waals surface area contributed by atoms with Gasteiger partial charge in [-0.1, -0.05) is 18.2 Å². The Labute approximate surface area is 99.9 Å². The van der Waals surface area contributed by atoms with Crippen molar-refractivity contribution in [3.63, 3.8) is 0 Å². The van der Waals surface area contributed by atoms with E-state index in [1.54, 1.807) is 6.07 Å². The summed E-state index contributed by atoms with van der Waals surface area (Å²) in [6.07, 6.45) is 0. The van der Waals surface area contributed by atoms with Crippen LogP contribution >= 0.6 is 0 Å². The van der Waals surface area contributed by atoms with E-state index in [1.165, 1.54) is 0 Å². The van der Waals surface area contributed by atoms with Crippen LogP contribution in [0.3, 0.4) is 0 Å². The van der Waals surface area contributed by atoms with Crippen molar-refractivity contribution in [2.24, 2.45) is 0 Å². The predicted molar refractivity (Wildman–Crippen MR) is 70.1 cm³/mol. The summed E-state index contributed by atoms with van der Waals surface area (Å²) in [5.74, 6) is 1.12. The number of para-hydroxylation sites is 1. The van der Waals surface area contributed by atoms with E-state index >= 15 is 0 Å². The minimum absolute atomic E-state index is 0.165. The zero-order chi connectivity index (χ0) is 12.4. The number of aromatic nitrogens is 2. The Morgan fingerprint density at radius 3 is 2.29 bits per heavy atom. The molecule has 0 unspecified atom stereocenters. The van der Waals surface area contributed by atoms with Crippen LogP contribution in [0.5, 0.6) is 0 Å². The van der Waals surface area contributed by atoms with E-state index < -0.39 is 0 Å². The minimum atomic E-state index is 0.165. The number of anilines is 4. The second kappa shape index (κ2) is 4.29. The van der Waals surface area contributed by atoms with E-state index in [0.717, 1.165) is 16.8 Å².